The molecule has 3 unspecified atom stereocenters. The largest absolute Gasteiger partial charge is 0.481 e. The van der Waals surface area contributed by atoms with Crippen LogP contribution in [0.2, 0.25) is 0 Å². The number of carboxylic acids is 1. The van der Waals surface area contributed by atoms with Crippen molar-refractivity contribution in [1.29, 1.82) is 0 Å². The number of carboxylic acid groups (broad SMARTS) is 1. The average molecular weight is 187 g/mol. The standard InChI is InChI=1S/C8H13NO4/c1-4(10)3-9-7(11)5-2-6(5)8(12)13/h4-6,10H,2-3H2,1H3,(H,9,11)(H,12,13). The number of carbonyl (C=O) groups is 2. The summed E-state index contributed by atoms with van der Waals surface area (Å²) in [5.74, 6) is -2.10. The van der Waals surface area contributed by atoms with Crippen LogP contribution in [0.1, 0.15) is 13.3 Å². The molecule has 0 heterocycles. The lowest BCUT2D eigenvalue weighted by molar-refractivity contribution is -0.140. The summed E-state index contributed by atoms with van der Waals surface area (Å²) < 4.78 is 0. The Morgan fingerprint density at radius 3 is 2.54 bits per heavy atom. The number of aliphatic hydroxyl groups is 1. The zero-order chi connectivity index (χ0) is 10.0. The van der Waals surface area contributed by atoms with Gasteiger partial charge in [0.15, 0.2) is 0 Å². The van der Waals surface area contributed by atoms with E-state index in [1.54, 1.807) is 6.92 Å². The van der Waals surface area contributed by atoms with Gasteiger partial charge in [0.25, 0.3) is 0 Å². The second kappa shape index (κ2) is 3.74. The molecule has 5 nitrogen and oxygen atoms in total. The van der Waals surface area contributed by atoms with Gasteiger partial charge in [-0.3, -0.25) is 9.59 Å². The van der Waals surface area contributed by atoms with Gasteiger partial charge in [-0.1, -0.05) is 0 Å². The highest BCUT2D eigenvalue weighted by Gasteiger charge is 2.48. The molecule has 0 aromatic heterocycles. The molecule has 0 bridgehead atoms. The van der Waals surface area contributed by atoms with E-state index < -0.39 is 23.9 Å². The third-order valence-electron chi connectivity index (χ3n) is 2.02. The molecule has 0 aromatic carbocycles. The van der Waals surface area contributed by atoms with Gasteiger partial charge in [-0.25, -0.2) is 0 Å². The molecule has 1 rings (SSSR count). The molecule has 0 aromatic rings. The third-order valence-corrected chi connectivity index (χ3v) is 2.02. The van der Waals surface area contributed by atoms with Crippen molar-refractivity contribution in [2.24, 2.45) is 11.8 Å². The summed E-state index contributed by atoms with van der Waals surface area (Å²) in [7, 11) is 0. The molecule has 3 atom stereocenters. The van der Waals surface area contributed by atoms with E-state index in [1.807, 2.05) is 0 Å². The number of rotatable bonds is 4. The van der Waals surface area contributed by atoms with Crippen molar-refractivity contribution < 1.29 is 19.8 Å². The van der Waals surface area contributed by atoms with E-state index in [0.29, 0.717) is 6.42 Å². The quantitative estimate of drug-likeness (QED) is 0.538. The molecule has 74 valence electrons. The van der Waals surface area contributed by atoms with Crippen molar-refractivity contribution in [2.75, 3.05) is 6.54 Å². The molecule has 0 radical (unpaired) electrons. The molecule has 1 amide bonds. The molecule has 0 aliphatic heterocycles. The number of nitrogens with one attached hydrogen (secondary N) is 1. The van der Waals surface area contributed by atoms with Crippen molar-refractivity contribution in [1.82, 2.24) is 5.32 Å². The fourth-order valence-corrected chi connectivity index (χ4v) is 1.14. The molecule has 1 saturated carbocycles. The molecule has 0 spiro atoms. The summed E-state index contributed by atoms with van der Waals surface area (Å²) in [5, 5.41) is 19.8. The second-order valence-corrected chi connectivity index (χ2v) is 3.38. The van der Waals surface area contributed by atoms with Crippen molar-refractivity contribution in [2.45, 2.75) is 19.4 Å². The van der Waals surface area contributed by atoms with Crippen LogP contribution < -0.4 is 5.32 Å². The first-order valence-electron chi connectivity index (χ1n) is 4.21. The summed E-state index contributed by atoms with van der Waals surface area (Å²) in [5.41, 5.74) is 0. The van der Waals surface area contributed by atoms with Crippen LogP contribution in [0.15, 0.2) is 0 Å². The first-order chi connectivity index (χ1) is 6.02. The Morgan fingerprint density at radius 1 is 1.54 bits per heavy atom. The van der Waals surface area contributed by atoms with Gasteiger partial charge in [0.1, 0.15) is 0 Å². The Balaban J connectivity index is 2.24. The maximum absolute atomic E-state index is 11.1. The van der Waals surface area contributed by atoms with Gasteiger partial charge in [0.2, 0.25) is 5.91 Å². The molecular weight excluding hydrogens is 174 g/mol. The zero-order valence-electron chi connectivity index (χ0n) is 7.36. The molecule has 5 heteroatoms. The van der Waals surface area contributed by atoms with Crippen LogP contribution >= 0.6 is 0 Å². The SMILES string of the molecule is CC(O)CNC(=O)C1CC1C(=O)O. The summed E-state index contributed by atoms with van der Waals surface area (Å²) in [4.78, 5) is 21.5. The molecule has 1 aliphatic carbocycles. The average Bonchev–Trinajstić information content (AvgIpc) is 2.78. The molecule has 3 N–H and O–H groups in total. The van der Waals surface area contributed by atoms with Gasteiger partial charge < -0.3 is 15.5 Å². The van der Waals surface area contributed by atoms with Crippen molar-refractivity contribution >= 4 is 11.9 Å². The van der Waals surface area contributed by atoms with E-state index >= 15 is 0 Å². The summed E-state index contributed by atoms with van der Waals surface area (Å²) in [6, 6.07) is 0. The highest BCUT2D eigenvalue weighted by atomic mass is 16.4. The van der Waals surface area contributed by atoms with Crippen molar-refractivity contribution in [3.63, 3.8) is 0 Å². The fourth-order valence-electron chi connectivity index (χ4n) is 1.14. The summed E-state index contributed by atoms with van der Waals surface area (Å²) in [6.07, 6.45) is -0.174. The van der Waals surface area contributed by atoms with Crippen molar-refractivity contribution in [3.05, 3.63) is 0 Å². The maximum Gasteiger partial charge on any atom is 0.307 e. The van der Waals surface area contributed by atoms with E-state index in [0.717, 1.165) is 0 Å². The van der Waals surface area contributed by atoms with Gasteiger partial charge in [-0.2, -0.15) is 0 Å². The van der Waals surface area contributed by atoms with Crippen LogP contribution in [0.5, 0.6) is 0 Å². The predicted octanol–water partition coefficient (Wildman–Crippen LogP) is -0.796. The molecular formula is C8H13NO4. The Kier molecular flexibility index (Phi) is 2.87. The fraction of sp³-hybridized carbons (Fsp3) is 0.750. The van der Waals surface area contributed by atoms with Gasteiger partial charge in [-0.15, -0.1) is 0 Å². The Morgan fingerprint density at radius 2 is 2.15 bits per heavy atom. The number of amides is 1. The highest BCUT2D eigenvalue weighted by Crippen LogP contribution is 2.38. The van der Waals surface area contributed by atoms with E-state index in [2.05, 4.69) is 5.32 Å². The number of aliphatic hydroxyl groups excluding tert-OH is 1. The van der Waals surface area contributed by atoms with Gasteiger partial charge in [0.05, 0.1) is 17.9 Å². The highest BCUT2D eigenvalue weighted by molar-refractivity contribution is 5.89. The van der Waals surface area contributed by atoms with E-state index in [4.69, 9.17) is 10.2 Å². The lowest BCUT2D eigenvalue weighted by Gasteiger charge is -2.05. The van der Waals surface area contributed by atoms with Crippen LogP contribution in [0.4, 0.5) is 0 Å². The second-order valence-electron chi connectivity index (χ2n) is 3.38. The minimum Gasteiger partial charge on any atom is -0.481 e. The topological polar surface area (TPSA) is 86.6 Å². The van der Waals surface area contributed by atoms with Gasteiger partial charge >= 0.3 is 5.97 Å². The first kappa shape index (κ1) is 9.98. The van der Waals surface area contributed by atoms with Gasteiger partial charge in [-0.05, 0) is 13.3 Å². The van der Waals surface area contributed by atoms with Crippen molar-refractivity contribution in [3.8, 4) is 0 Å². The summed E-state index contributed by atoms with van der Waals surface area (Å²) in [6.45, 7) is 1.74. The minimum absolute atomic E-state index is 0.182. The monoisotopic (exact) mass is 187 g/mol. The summed E-state index contributed by atoms with van der Waals surface area (Å²) >= 11 is 0. The molecule has 1 fully saturated rings. The molecule has 0 saturated heterocycles. The van der Waals surface area contributed by atoms with Crippen LogP contribution in [0.25, 0.3) is 0 Å². The smallest absolute Gasteiger partial charge is 0.307 e. The normalized spacial score (nSPS) is 27.8. The number of carbonyl (C=O) groups excluding carboxylic acids is 1. The zero-order valence-corrected chi connectivity index (χ0v) is 7.36. The maximum atomic E-state index is 11.1. The molecule has 1 aliphatic rings. The van der Waals surface area contributed by atoms with E-state index in [9.17, 15) is 9.59 Å². The first-order valence-corrected chi connectivity index (χ1v) is 4.21. The lowest BCUT2D eigenvalue weighted by Crippen LogP contribution is -2.32. The number of aliphatic carboxylic acids is 1. The molecule has 13 heavy (non-hydrogen) atoms. The minimum atomic E-state index is -0.919. The van der Waals surface area contributed by atoms with Crippen LogP contribution in [0, 0.1) is 11.8 Å². The Hall–Kier alpha value is -1.10. The van der Waals surface area contributed by atoms with E-state index in [-0.39, 0.29) is 12.5 Å². The predicted molar refractivity (Wildman–Crippen MR) is 43.9 cm³/mol. The van der Waals surface area contributed by atoms with Crippen LogP contribution in [0.3, 0.4) is 0 Å². The lowest BCUT2D eigenvalue weighted by atomic mass is 10.3. The van der Waals surface area contributed by atoms with Gasteiger partial charge in [0, 0.05) is 6.54 Å². The third kappa shape index (κ3) is 2.69. The van der Waals surface area contributed by atoms with Crippen LogP contribution in [-0.4, -0.2) is 34.7 Å². The Bertz CT molecular complexity index is 226. The number of hydrogen-bond acceptors (Lipinski definition) is 3. The number of hydrogen-bond donors (Lipinski definition) is 3. The Labute approximate surface area is 75.7 Å². The van der Waals surface area contributed by atoms with E-state index in [1.165, 1.54) is 0 Å². The van der Waals surface area contributed by atoms with Crippen LogP contribution in [-0.2, 0) is 9.59 Å².